The van der Waals surface area contributed by atoms with E-state index in [1.807, 2.05) is 31.2 Å². The summed E-state index contributed by atoms with van der Waals surface area (Å²) in [6.07, 6.45) is 0.752. The summed E-state index contributed by atoms with van der Waals surface area (Å²) in [7, 11) is -3.71. The third kappa shape index (κ3) is 4.58. The Morgan fingerprint density at radius 2 is 1.86 bits per heavy atom. The van der Waals surface area contributed by atoms with Crippen molar-refractivity contribution < 1.29 is 18.0 Å². The molecule has 8 heteroatoms. The van der Waals surface area contributed by atoms with Gasteiger partial charge in [-0.1, -0.05) is 30.3 Å². The van der Waals surface area contributed by atoms with Gasteiger partial charge in [0, 0.05) is 25.2 Å². The Morgan fingerprint density at radius 1 is 1.18 bits per heavy atom. The zero-order valence-corrected chi connectivity index (χ0v) is 16.4. The minimum absolute atomic E-state index is 0.0481. The summed E-state index contributed by atoms with van der Waals surface area (Å²) in [5.41, 5.74) is 2.73. The number of amides is 2. The van der Waals surface area contributed by atoms with E-state index in [0.717, 1.165) is 16.8 Å². The van der Waals surface area contributed by atoms with Gasteiger partial charge in [-0.3, -0.25) is 9.59 Å². The van der Waals surface area contributed by atoms with Crippen molar-refractivity contribution in [2.45, 2.75) is 24.7 Å². The SMILES string of the molecule is Cc1ccccc1N1CC(C(=O)NCCc2ccc(S(N)(=O)=O)cc2)CC1=O. The number of nitrogens with zero attached hydrogens (tertiary/aromatic N) is 1. The Hall–Kier alpha value is -2.71. The molecule has 2 aromatic carbocycles. The van der Waals surface area contributed by atoms with E-state index in [2.05, 4.69) is 5.32 Å². The molecule has 0 radical (unpaired) electrons. The molecule has 2 amide bonds. The number of hydrogen-bond acceptors (Lipinski definition) is 4. The molecule has 3 rings (SSSR count). The Kier molecular flexibility index (Phi) is 5.81. The summed E-state index contributed by atoms with van der Waals surface area (Å²) in [6, 6.07) is 13.9. The van der Waals surface area contributed by atoms with Crippen LogP contribution < -0.4 is 15.4 Å². The monoisotopic (exact) mass is 401 g/mol. The van der Waals surface area contributed by atoms with E-state index in [1.165, 1.54) is 12.1 Å². The lowest BCUT2D eigenvalue weighted by molar-refractivity contribution is -0.126. The number of rotatable bonds is 6. The van der Waals surface area contributed by atoms with Crippen LogP contribution in [0.3, 0.4) is 0 Å². The van der Waals surface area contributed by atoms with Crippen molar-refractivity contribution in [2.24, 2.45) is 11.1 Å². The number of para-hydroxylation sites is 1. The summed E-state index contributed by atoms with van der Waals surface area (Å²) in [4.78, 5) is 26.5. The Balaban J connectivity index is 1.53. The van der Waals surface area contributed by atoms with Gasteiger partial charge < -0.3 is 10.2 Å². The molecule has 28 heavy (non-hydrogen) atoms. The lowest BCUT2D eigenvalue weighted by atomic mass is 10.1. The van der Waals surface area contributed by atoms with Gasteiger partial charge in [-0.15, -0.1) is 0 Å². The van der Waals surface area contributed by atoms with Crippen molar-refractivity contribution in [3.63, 3.8) is 0 Å². The van der Waals surface area contributed by atoms with E-state index in [9.17, 15) is 18.0 Å². The maximum absolute atomic E-state index is 12.4. The van der Waals surface area contributed by atoms with Gasteiger partial charge >= 0.3 is 0 Å². The second-order valence-corrected chi connectivity index (χ2v) is 8.48. The van der Waals surface area contributed by atoms with E-state index >= 15 is 0 Å². The number of primary sulfonamides is 1. The Labute approximate surface area is 164 Å². The third-order valence-corrected chi connectivity index (χ3v) is 5.80. The van der Waals surface area contributed by atoms with Crippen LogP contribution in [0.25, 0.3) is 0 Å². The highest BCUT2D eigenvalue weighted by Crippen LogP contribution is 2.27. The van der Waals surface area contributed by atoms with Crippen molar-refractivity contribution in [3.05, 3.63) is 59.7 Å². The Bertz CT molecular complexity index is 987. The second-order valence-electron chi connectivity index (χ2n) is 6.92. The van der Waals surface area contributed by atoms with Crippen LogP contribution in [0.5, 0.6) is 0 Å². The number of carbonyl (C=O) groups is 2. The number of carbonyl (C=O) groups excluding carboxylic acids is 2. The van der Waals surface area contributed by atoms with Crippen LogP contribution in [-0.4, -0.2) is 33.3 Å². The van der Waals surface area contributed by atoms with Crippen LogP contribution in [-0.2, 0) is 26.0 Å². The number of aryl methyl sites for hydroxylation is 1. The first-order chi connectivity index (χ1) is 13.3. The van der Waals surface area contributed by atoms with Gasteiger partial charge in [0.25, 0.3) is 0 Å². The van der Waals surface area contributed by atoms with Crippen molar-refractivity contribution in [2.75, 3.05) is 18.0 Å². The standard InChI is InChI=1S/C20H23N3O4S/c1-14-4-2-3-5-18(14)23-13-16(12-19(23)24)20(25)22-11-10-15-6-8-17(9-7-15)28(21,26)27/h2-9,16H,10-13H2,1H3,(H,22,25)(H2,21,26,27). The smallest absolute Gasteiger partial charge is 0.238 e. The first-order valence-electron chi connectivity index (χ1n) is 9.01. The molecule has 1 fully saturated rings. The maximum Gasteiger partial charge on any atom is 0.238 e. The highest BCUT2D eigenvalue weighted by atomic mass is 32.2. The van der Waals surface area contributed by atoms with Crippen molar-refractivity contribution in [1.82, 2.24) is 5.32 Å². The van der Waals surface area contributed by atoms with Gasteiger partial charge in [0.1, 0.15) is 0 Å². The largest absolute Gasteiger partial charge is 0.355 e. The number of benzene rings is 2. The van der Waals surface area contributed by atoms with Gasteiger partial charge in [-0.2, -0.15) is 0 Å². The lowest BCUT2D eigenvalue weighted by Gasteiger charge is -2.19. The fraction of sp³-hybridized carbons (Fsp3) is 0.300. The van der Waals surface area contributed by atoms with E-state index in [-0.39, 0.29) is 29.0 Å². The molecule has 0 bridgehead atoms. The van der Waals surface area contributed by atoms with Crippen molar-refractivity contribution in [3.8, 4) is 0 Å². The molecule has 1 saturated heterocycles. The van der Waals surface area contributed by atoms with Gasteiger partial charge in [0.05, 0.1) is 10.8 Å². The van der Waals surface area contributed by atoms with Gasteiger partial charge in [0.2, 0.25) is 21.8 Å². The number of anilines is 1. The first kappa shape index (κ1) is 20.0. The molecule has 1 unspecified atom stereocenters. The number of sulfonamides is 1. The van der Waals surface area contributed by atoms with Crippen LogP contribution in [0.1, 0.15) is 17.5 Å². The topological polar surface area (TPSA) is 110 Å². The molecule has 2 aromatic rings. The van der Waals surface area contributed by atoms with Crippen LogP contribution in [0.4, 0.5) is 5.69 Å². The summed E-state index contributed by atoms with van der Waals surface area (Å²) >= 11 is 0. The molecule has 1 heterocycles. The molecular formula is C20H23N3O4S. The molecule has 148 valence electrons. The maximum atomic E-state index is 12.4. The lowest BCUT2D eigenvalue weighted by Crippen LogP contribution is -2.34. The van der Waals surface area contributed by atoms with Crippen LogP contribution >= 0.6 is 0 Å². The van der Waals surface area contributed by atoms with E-state index in [1.54, 1.807) is 17.0 Å². The summed E-state index contributed by atoms with van der Waals surface area (Å²) < 4.78 is 22.5. The zero-order valence-electron chi connectivity index (χ0n) is 15.6. The van der Waals surface area contributed by atoms with Crippen molar-refractivity contribution in [1.29, 1.82) is 0 Å². The summed E-state index contributed by atoms with van der Waals surface area (Å²) in [6.45, 7) is 2.72. The first-order valence-corrected chi connectivity index (χ1v) is 10.6. The van der Waals surface area contributed by atoms with Crippen LogP contribution in [0.15, 0.2) is 53.4 Å². The molecular weight excluding hydrogens is 378 g/mol. The molecule has 0 aromatic heterocycles. The predicted octanol–water partition coefficient (Wildman–Crippen LogP) is 1.35. The third-order valence-electron chi connectivity index (χ3n) is 4.87. The summed E-state index contributed by atoms with van der Waals surface area (Å²) in [5, 5.41) is 7.94. The van der Waals surface area contributed by atoms with Crippen molar-refractivity contribution >= 4 is 27.5 Å². The molecule has 0 saturated carbocycles. The zero-order chi connectivity index (χ0) is 20.3. The molecule has 1 aliphatic heterocycles. The minimum atomic E-state index is -3.71. The van der Waals surface area contributed by atoms with E-state index < -0.39 is 10.0 Å². The molecule has 0 aliphatic carbocycles. The molecule has 1 aliphatic rings. The number of hydrogen-bond donors (Lipinski definition) is 2. The fourth-order valence-corrected chi connectivity index (χ4v) is 3.82. The minimum Gasteiger partial charge on any atom is -0.355 e. The highest BCUT2D eigenvalue weighted by Gasteiger charge is 2.35. The van der Waals surface area contributed by atoms with Gasteiger partial charge in [-0.25, -0.2) is 13.6 Å². The van der Waals surface area contributed by atoms with Gasteiger partial charge in [0.15, 0.2) is 0 Å². The highest BCUT2D eigenvalue weighted by molar-refractivity contribution is 7.89. The quantitative estimate of drug-likeness (QED) is 0.761. The molecule has 3 N–H and O–H groups in total. The average Bonchev–Trinajstić information content (AvgIpc) is 3.03. The normalized spacial score (nSPS) is 17.0. The van der Waals surface area contributed by atoms with Gasteiger partial charge in [-0.05, 0) is 42.7 Å². The number of nitrogens with two attached hydrogens (primary N) is 1. The van der Waals surface area contributed by atoms with E-state index in [4.69, 9.17) is 5.14 Å². The average molecular weight is 401 g/mol. The fourth-order valence-electron chi connectivity index (χ4n) is 3.30. The number of nitrogens with one attached hydrogen (secondary N) is 1. The summed E-state index contributed by atoms with van der Waals surface area (Å²) in [5.74, 6) is -0.574. The second kappa shape index (κ2) is 8.12. The molecule has 7 nitrogen and oxygen atoms in total. The van der Waals surface area contributed by atoms with Crippen LogP contribution in [0.2, 0.25) is 0 Å². The molecule has 1 atom stereocenters. The predicted molar refractivity (Wildman–Crippen MR) is 106 cm³/mol. The van der Waals surface area contributed by atoms with Crippen LogP contribution in [0, 0.1) is 12.8 Å². The Morgan fingerprint density at radius 3 is 2.50 bits per heavy atom. The molecule has 0 spiro atoms. The van der Waals surface area contributed by atoms with E-state index in [0.29, 0.717) is 19.5 Å².